The topological polar surface area (TPSA) is 51.9 Å². The molecular weight excluding hydrogens is 149 g/mol. The van der Waals surface area contributed by atoms with Crippen molar-refractivity contribution in [2.45, 2.75) is 0 Å². The maximum atomic E-state index is 12.2. The first kappa shape index (κ1) is 7.59. The molecule has 0 N–H and O–H groups in total. The second-order valence-electron chi connectivity index (χ2n) is 1.93. The summed E-state index contributed by atoms with van der Waals surface area (Å²) in [6.07, 6.45) is 3.16. The van der Waals surface area contributed by atoms with Crippen LogP contribution >= 0.6 is 0 Å². The highest BCUT2D eigenvalue weighted by atomic mass is 19.1. The smallest absolute Gasteiger partial charge is 0.219 e. The molecule has 1 aromatic heterocycles. The minimum absolute atomic E-state index is 0.198. The maximum Gasteiger partial charge on any atom is 0.219 e. The Kier molecular flexibility index (Phi) is 2.10. The zero-order chi connectivity index (χ0) is 8.27. The van der Waals surface area contributed by atoms with Crippen LogP contribution in [0.5, 0.6) is 0 Å². The molecule has 0 amide bonds. The minimum atomic E-state index is -0.518. The highest BCUT2D eigenvalue weighted by molar-refractivity contribution is 5.69. The summed E-state index contributed by atoms with van der Waals surface area (Å²) >= 11 is 0. The van der Waals surface area contributed by atoms with Crippen molar-refractivity contribution in [3.63, 3.8) is 0 Å². The molecule has 11 heavy (non-hydrogen) atoms. The van der Waals surface area contributed by atoms with Crippen LogP contribution in [0.3, 0.4) is 0 Å². The van der Waals surface area contributed by atoms with Gasteiger partial charge in [-0.2, -0.15) is 0 Å². The van der Waals surface area contributed by atoms with Crippen LogP contribution in [0.25, 0.3) is 0 Å². The standard InChI is InChI=1S/C6H6FN3O/c1-10(11)4-6-8-2-5(7)3-9-6/h2-4H,1H3/b10-4+. The first-order valence-corrected chi connectivity index (χ1v) is 2.91. The third-order valence-corrected chi connectivity index (χ3v) is 0.938. The van der Waals surface area contributed by atoms with Gasteiger partial charge in [-0.25, -0.2) is 19.1 Å². The lowest BCUT2D eigenvalue weighted by Crippen LogP contribution is -2.02. The van der Waals surface area contributed by atoms with Gasteiger partial charge in [0.1, 0.15) is 7.05 Å². The van der Waals surface area contributed by atoms with E-state index in [2.05, 4.69) is 9.97 Å². The Bertz CT molecular complexity index is 266. The number of hydrogen-bond donors (Lipinski definition) is 0. The van der Waals surface area contributed by atoms with E-state index in [-0.39, 0.29) is 5.82 Å². The summed E-state index contributed by atoms with van der Waals surface area (Å²) in [4.78, 5) is 7.07. The van der Waals surface area contributed by atoms with Crippen molar-refractivity contribution in [1.82, 2.24) is 9.97 Å². The van der Waals surface area contributed by atoms with E-state index < -0.39 is 5.82 Å². The van der Waals surface area contributed by atoms with E-state index in [1.165, 1.54) is 7.05 Å². The van der Waals surface area contributed by atoms with Gasteiger partial charge in [0, 0.05) is 0 Å². The summed E-state index contributed by atoms with van der Waals surface area (Å²) in [5.41, 5.74) is 0. The molecule has 0 aliphatic heterocycles. The van der Waals surface area contributed by atoms with Gasteiger partial charge >= 0.3 is 0 Å². The maximum absolute atomic E-state index is 12.2. The highest BCUT2D eigenvalue weighted by Gasteiger charge is 1.95. The number of rotatable bonds is 1. The van der Waals surface area contributed by atoms with Gasteiger partial charge < -0.3 is 5.21 Å². The van der Waals surface area contributed by atoms with Gasteiger partial charge in [0.15, 0.2) is 5.82 Å². The zero-order valence-corrected chi connectivity index (χ0v) is 5.86. The monoisotopic (exact) mass is 155 g/mol. The molecule has 1 heterocycles. The van der Waals surface area contributed by atoms with Crippen LogP contribution in [0, 0.1) is 11.0 Å². The molecule has 4 nitrogen and oxygen atoms in total. The van der Waals surface area contributed by atoms with E-state index in [1.54, 1.807) is 0 Å². The average molecular weight is 155 g/mol. The normalized spacial score (nSPS) is 11.6. The van der Waals surface area contributed by atoms with E-state index in [0.717, 1.165) is 18.6 Å². The molecule has 1 aromatic rings. The second-order valence-corrected chi connectivity index (χ2v) is 1.93. The van der Waals surface area contributed by atoms with E-state index in [1.807, 2.05) is 0 Å². The Labute approximate surface area is 62.6 Å². The third kappa shape index (κ3) is 2.29. The summed E-state index contributed by atoms with van der Waals surface area (Å²) in [6.45, 7) is 0. The van der Waals surface area contributed by atoms with Gasteiger partial charge in [-0.3, -0.25) is 0 Å². The lowest BCUT2D eigenvalue weighted by Gasteiger charge is -1.93. The van der Waals surface area contributed by atoms with Gasteiger partial charge in [-0.1, -0.05) is 0 Å². The zero-order valence-electron chi connectivity index (χ0n) is 5.86. The molecule has 0 unspecified atom stereocenters. The quantitative estimate of drug-likeness (QED) is 0.251. The van der Waals surface area contributed by atoms with Crippen molar-refractivity contribution in [2.75, 3.05) is 7.05 Å². The molecule has 0 aromatic carbocycles. The van der Waals surface area contributed by atoms with Crippen LogP contribution in [-0.2, 0) is 0 Å². The summed E-state index contributed by atoms with van der Waals surface area (Å²) in [7, 11) is 1.30. The predicted molar refractivity (Wildman–Crippen MR) is 36.7 cm³/mol. The first-order chi connectivity index (χ1) is 5.18. The van der Waals surface area contributed by atoms with Gasteiger partial charge in [0.2, 0.25) is 12.0 Å². The van der Waals surface area contributed by atoms with E-state index in [0.29, 0.717) is 4.74 Å². The van der Waals surface area contributed by atoms with Crippen LogP contribution < -0.4 is 0 Å². The molecule has 0 bridgehead atoms. The van der Waals surface area contributed by atoms with Gasteiger partial charge in [-0.15, -0.1) is 0 Å². The average Bonchev–Trinajstić information content (AvgIpc) is 1.93. The fourth-order valence-corrected chi connectivity index (χ4v) is 0.552. The SMILES string of the molecule is C/[N+]([O-])=C\c1ncc(F)cn1. The fourth-order valence-electron chi connectivity index (χ4n) is 0.552. The van der Waals surface area contributed by atoms with Crippen LogP contribution in [0.2, 0.25) is 0 Å². The van der Waals surface area contributed by atoms with Crippen molar-refractivity contribution in [2.24, 2.45) is 0 Å². The molecule has 0 aliphatic rings. The van der Waals surface area contributed by atoms with Crippen molar-refractivity contribution in [3.8, 4) is 0 Å². The fraction of sp³-hybridized carbons (Fsp3) is 0.167. The number of aromatic nitrogens is 2. The predicted octanol–water partition coefficient (Wildman–Crippen LogP) is 0.175. The summed E-state index contributed by atoms with van der Waals surface area (Å²) < 4.78 is 12.7. The molecule has 0 saturated carbocycles. The van der Waals surface area contributed by atoms with Gasteiger partial charge in [-0.05, 0) is 0 Å². The van der Waals surface area contributed by atoms with Crippen LogP contribution in [-0.4, -0.2) is 28.0 Å². The molecule has 1 rings (SSSR count). The number of hydroxylamine groups is 1. The van der Waals surface area contributed by atoms with Crippen LogP contribution in [0.1, 0.15) is 5.82 Å². The first-order valence-electron chi connectivity index (χ1n) is 2.91. The number of halogens is 1. The van der Waals surface area contributed by atoms with Crippen molar-refractivity contribution in [3.05, 3.63) is 29.2 Å². The third-order valence-electron chi connectivity index (χ3n) is 0.938. The van der Waals surface area contributed by atoms with E-state index in [9.17, 15) is 9.60 Å². The Morgan fingerprint density at radius 1 is 1.55 bits per heavy atom. The van der Waals surface area contributed by atoms with Crippen molar-refractivity contribution < 1.29 is 9.13 Å². The largest absolute Gasteiger partial charge is 0.624 e. The Morgan fingerprint density at radius 2 is 2.09 bits per heavy atom. The molecule has 0 saturated heterocycles. The van der Waals surface area contributed by atoms with Crippen molar-refractivity contribution in [1.29, 1.82) is 0 Å². The summed E-state index contributed by atoms with van der Waals surface area (Å²) in [5, 5.41) is 10.4. The second kappa shape index (κ2) is 3.05. The molecule has 58 valence electrons. The Morgan fingerprint density at radius 3 is 2.55 bits per heavy atom. The van der Waals surface area contributed by atoms with Crippen molar-refractivity contribution >= 4 is 6.21 Å². The summed E-state index contributed by atoms with van der Waals surface area (Å²) in [6, 6.07) is 0. The van der Waals surface area contributed by atoms with Crippen LogP contribution in [0.15, 0.2) is 12.4 Å². The molecule has 0 spiro atoms. The Balaban J connectivity index is 2.91. The minimum Gasteiger partial charge on any atom is -0.624 e. The highest BCUT2D eigenvalue weighted by Crippen LogP contribution is 1.89. The Hall–Kier alpha value is -1.52. The van der Waals surface area contributed by atoms with E-state index >= 15 is 0 Å². The molecule has 0 radical (unpaired) electrons. The summed E-state index contributed by atoms with van der Waals surface area (Å²) in [5.74, 6) is -0.320. The number of hydrogen-bond acceptors (Lipinski definition) is 3. The lowest BCUT2D eigenvalue weighted by atomic mass is 10.6. The molecular formula is C6H6FN3O. The molecule has 0 fully saturated rings. The number of nitrogens with zero attached hydrogens (tertiary/aromatic N) is 3. The van der Waals surface area contributed by atoms with E-state index in [4.69, 9.17) is 0 Å². The molecule has 5 heteroatoms. The lowest BCUT2D eigenvalue weighted by molar-refractivity contribution is -0.417. The van der Waals surface area contributed by atoms with Gasteiger partial charge in [0.25, 0.3) is 0 Å². The van der Waals surface area contributed by atoms with Gasteiger partial charge in [0.05, 0.1) is 12.4 Å². The van der Waals surface area contributed by atoms with Crippen LogP contribution in [0.4, 0.5) is 4.39 Å². The molecule has 0 atom stereocenters. The molecule has 0 aliphatic carbocycles.